The first-order valence-electron chi connectivity index (χ1n) is 14.6. The van der Waals surface area contributed by atoms with Gasteiger partial charge in [0.2, 0.25) is 5.95 Å². The number of hydrogen-bond donors (Lipinski definition) is 1. The summed E-state index contributed by atoms with van der Waals surface area (Å²) in [6.45, 7) is 2.15. The predicted octanol–water partition coefficient (Wildman–Crippen LogP) is 5.24. The van der Waals surface area contributed by atoms with Crippen molar-refractivity contribution in [3.8, 4) is 11.5 Å². The van der Waals surface area contributed by atoms with Crippen molar-refractivity contribution >= 4 is 35.1 Å². The van der Waals surface area contributed by atoms with E-state index in [1.165, 1.54) is 31.6 Å². The summed E-state index contributed by atoms with van der Waals surface area (Å²) < 4.78 is 41.7. The molecule has 244 valence electrons. The number of methoxy groups -OCH3 is 2. The number of likely N-dealkylation sites (N-methyl/N-ethyl adjacent to an activating group) is 1. The Kier molecular flexibility index (Phi) is 10.00. The van der Waals surface area contributed by atoms with E-state index in [1.54, 1.807) is 37.4 Å². The maximum Gasteiger partial charge on any atom is 0.331 e. The lowest BCUT2D eigenvalue weighted by molar-refractivity contribution is -0.114. The van der Waals surface area contributed by atoms with Crippen LogP contribution in [0, 0.1) is 11.6 Å². The van der Waals surface area contributed by atoms with Crippen molar-refractivity contribution in [2.45, 2.75) is 25.9 Å². The van der Waals surface area contributed by atoms with Gasteiger partial charge in [-0.15, -0.1) is 0 Å². The number of nitrogens with one attached hydrogen (secondary N) is 1. The molecule has 3 heterocycles. The van der Waals surface area contributed by atoms with Crippen LogP contribution >= 0.6 is 0 Å². The zero-order valence-electron chi connectivity index (χ0n) is 26.6. The third-order valence-corrected chi connectivity index (χ3v) is 7.45. The number of fused-ring (bicyclic) bond motifs is 1. The molecule has 0 saturated heterocycles. The Labute approximate surface area is 270 Å². The molecule has 47 heavy (non-hydrogen) atoms. The molecule has 0 saturated carbocycles. The molecular weight excluding hydrogens is 610 g/mol. The Bertz CT molecular complexity index is 1780. The summed E-state index contributed by atoms with van der Waals surface area (Å²) in [5.74, 6) is -2.01. The second kappa shape index (κ2) is 14.3. The Balaban J connectivity index is 1.57. The monoisotopic (exact) mass is 644 g/mol. The zero-order chi connectivity index (χ0) is 33.7. The molecule has 0 fully saturated rings. The van der Waals surface area contributed by atoms with Gasteiger partial charge in [-0.25, -0.2) is 28.5 Å². The van der Waals surface area contributed by atoms with Crippen LogP contribution in [0.1, 0.15) is 29.7 Å². The lowest BCUT2D eigenvalue weighted by Gasteiger charge is -2.39. The molecule has 1 aliphatic rings. The molecule has 1 unspecified atom stereocenters. The summed E-state index contributed by atoms with van der Waals surface area (Å²) in [5, 5.41) is 2.99. The van der Waals surface area contributed by atoms with Gasteiger partial charge in [-0.1, -0.05) is 30.3 Å². The van der Waals surface area contributed by atoms with Crippen molar-refractivity contribution in [3.63, 3.8) is 0 Å². The first kappa shape index (κ1) is 32.9. The Hall–Kier alpha value is -5.50. The third kappa shape index (κ3) is 7.17. The van der Waals surface area contributed by atoms with E-state index in [9.17, 15) is 9.59 Å². The number of urea groups is 1. The van der Waals surface area contributed by atoms with Crippen molar-refractivity contribution in [1.82, 2.24) is 24.8 Å². The Morgan fingerprint density at radius 3 is 2.51 bits per heavy atom. The van der Waals surface area contributed by atoms with Gasteiger partial charge in [0.05, 0.1) is 26.8 Å². The van der Waals surface area contributed by atoms with E-state index in [-0.39, 0.29) is 42.0 Å². The maximum absolute atomic E-state index is 15.7. The average molecular weight is 645 g/mol. The number of amides is 2. The highest BCUT2D eigenvalue weighted by Gasteiger charge is 2.40. The van der Waals surface area contributed by atoms with E-state index in [0.29, 0.717) is 23.5 Å². The lowest BCUT2D eigenvalue weighted by atomic mass is 10.00. The van der Waals surface area contributed by atoms with E-state index < -0.39 is 29.4 Å². The van der Waals surface area contributed by atoms with Crippen LogP contribution in [-0.2, 0) is 17.8 Å². The van der Waals surface area contributed by atoms with Crippen LogP contribution < -0.4 is 24.6 Å². The fraction of sp³-hybridized carbons (Fsp3) is 0.273. The number of benzene rings is 2. The Morgan fingerprint density at radius 1 is 1.11 bits per heavy atom. The largest absolute Gasteiger partial charge is 0.493 e. The molecule has 0 aliphatic carbocycles. The van der Waals surface area contributed by atoms with Crippen LogP contribution in [0.2, 0.25) is 0 Å². The van der Waals surface area contributed by atoms with Gasteiger partial charge in [0.1, 0.15) is 23.7 Å². The lowest BCUT2D eigenvalue weighted by Crippen LogP contribution is -2.49. The molecule has 0 radical (unpaired) electrons. The predicted molar refractivity (Wildman–Crippen MR) is 172 cm³/mol. The van der Waals surface area contributed by atoms with Crippen molar-refractivity contribution in [2.24, 2.45) is 0 Å². The minimum atomic E-state index is -1.07. The number of hydrogen-bond acceptors (Lipinski definition) is 10. The van der Waals surface area contributed by atoms with Crippen molar-refractivity contribution in [3.05, 3.63) is 95.6 Å². The first-order chi connectivity index (χ1) is 22.6. The number of rotatable bonds is 12. The van der Waals surface area contributed by atoms with Gasteiger partial charge in [0.25, 0.3) is 0 Å². The van der Waals surface area contributed by atoms with Crippen LogP contribution in [-0.4, -0.2) is 71.5 Å². The molecule has 1 aliphatic heterocycles. The number of carbonyl (C=O) groups excluding carboxylic acids is 2. The third-order valence-electron chi connectivity index (χ3n) is 7.45. The average Bonchev–Trinajstić information content (AvgIpc) is 3.05. The van der Waals surface area contributed by atoms with Gasteiger partial charge >= 0.3 is 6.03 Å². The van der Waals surface area contributed by atoms with Crippen molar-refractivity contribution in [2.75, 3.05) is 50.0 Å². The molecule has 2 aromatic heterocycles. The minimum Gasteiger partial charge on any atom is -0.493 e. The molecule has 1 atom stereocenters. The van der Waals surface area contributed by atoms with Crippen LogP contribution in [0.25, 0.3) is 0 Å². The number of aromatic nitrogens is 4. The van der Waals surface area contributed by atoms with Crippen LogP contribution in [0.3, 0.4) is 0 Å². The SMILES string of the molecule is COc1cc(OC)c(F)c(N2Cc3cnc(Nc4ccncn4)nc3N(C(C)c3cccc(CC(=O)/C=C/CN(C)C)c3)C2=O)c1F. The fourth-order valence-corrected chi connectivity index (χ4v) is 5.12. The van der Waals surface area contributed by atoms with Gasteiger partial charge in [-0.2, -0.15) is 4.98 Å². The maximum atomic E-state index is 15.7. The van der Waals surface area contributed by atoms with Gasteiger partial charge in [-0.05, 0) is 44.3 Å². The second-order valence-electron chi connectivity index (χ2n) is 11.0. The topological polar surface area (TPSA) is 126 Å². The van der Waals surface area contributed by atoms with Crippen LogP contribution in [0.15, 0.2) is 67.3 Å². The highest BCUT2D eigenvalue weighted by Crippen LogP contribution is 2.42. The van der Waals surface area contributed by atoms with Gasteiger partial charge in [0.15, 0.2) is 28.9 Å². The smallest absolute Gasteiger partial charge is 0.331 e. The molecule has 2 aromatic carbocycles. The molecule has 2 amide bonds. The van der Waals surface area contributed by atoms with E-state index in [4.69, 9.17) is 9.47 Å². The number of halogens is 2. The first-order valence-corrected chi connectivity index (χ1v) is 14.6. The molecule has 14 heteroatoms. The molecule has 4 aromatic rings. The summed E-state index contributed by atoms with van der Waals surface area (Å²) in [5.41, 5.74) is 1.18. The van der Waals surface area contributed by atoms with Crippen LogP contribution in [0.4, 0.5) is 36.8 Å². The highest BCUT2D eigenvalue weighted by molar-refractivity contribution is 6.06. The normalized spacial score (nSPS) is 13.6. The molecule has 0 spiro atoms. The number of ketones is 1. The van der Waals surface area contributed by atoms with Gasteiger partial charge in [0, 0.05) is 37.0 Å². The summed E-state index contributed by atoms with van der Waals surface area (Å²) >= 11 is 0. The molecule has 12 nitrogen and oxygen atoms in total. The Morgan fingerprint density at radius 2 is 1.85 bits per heavy atom. The van der Waals surface area contributed by atoms with Gasteiger partial charge < -0.3 is 19.7 Å². The quantitative estimate of drug-likeness (QED) is 0.205. The fourth-order valence-electron chi connectivity index (χ4n) is 5.12. The van der Waals surface area contributed by atoms with Crippen molar-refractivity contribution in [1.29, 1.82) is 0 Å². The van der Waals surface area contributed by atoms with E-state index >= 15 is 8.78 Å². The van der Waals surface area contributed by atoms with Crippen molar-refractivity contribution < 1.29 is 27.8 Å². The number of carbonyl (C=O) groups is 2. The van der Waals surface area contributed by atoms with Gasteiger partial charge in [-0.3, -0.25) is 14.6 Å². The van der Waals surface area contributed by atoms with E-state index in [2.05, 4.69) is 25.3 Å². The number of anilines is 4. The molecule has 1 N–H and O–H groups in total. The molecular formula is C33H34F2N8O4. The molecule has 0 bridgehead atoms. The summed E-state index contributed by atoms with van der Waals surface area (Å²) in [6.07, 6.45) is 7.88. The summed E-state index contributed by atoms with van der Waals surface area (Å²) in [7, 11) is 6.29. The van der Waals surface area contributed by atoms with Crippen LogP contribution in [0.5, 0.6) is 11.5 Å². The number of nitrogens with zero attached hydrogens (tertiary/aromatic N) is 7. The standard InChI is InChI=1S/C33H34F2N8O4/c1-20(22-9-6-8-21(14-22)15-24(44)10-7-13-41(2)3)43-31-23(17-37-32(40-31)39-27-11-12-36-19-38-27)18-42(33(43)45)30-28(34)25(46-4)16-26(47-5)29(30)35/h6-12,14,16-17,19-20H,13,15,18H2,1-5H3,(H,36,37,38,39,40)/b10-7+. The number of allylic oxidation sites excluding steroid dienone is 1. The highest BCUT2D eigenvalue weighted by atomic mass is 19.1. The number of ether oxygens (including phenoxy) is 2. The zero-order valence-corrected chi connectivity index (χ0v) is 26.6. The summed E-state index contributed by atoms with van der Waals surface area (Å²) in [6, 6.07) is 8.49. The minimum absolute atomic E-state index is 0.0756. The molecule has 5 rings (SSSR count). The van der Waals surface area contributed by atoms with E-state index in [0.717, 1.165) is 16.5 Å². The summed E-state index contributed by atoms with van der Waals surface area (Å²) in [4.78, 5) is 48.3. The second-order valence-corrected chi connectivity index (χ2v) is 11.0. The van der Waals surface area contributed by atoms with E-state index in [1.807, 2.05) is 37.2 Å².